The molecule has 1 amide bonds. The molecule has 2 heterocycles. The van der Waals surface area contributed by atoms with Gasteiger partial charge in [-0.15, -0.1) is 0 Å². The van der Waals surface area contributed by atoms with Gasteiger partial charge >= 0.3 is 0 Å². The highest BCUT2D eigenvalue weighted by Crippen LogP contribution is 2.22. The number of hydrogen-bond acceptors (Lipinski definition) is 5. The van der Waals surface area contributed by atoms with Crippen molar-refractivity contribution >= 4 is 17.1 Å². The number of methoxy groups -OCH3 is 2. The Kier molecular flexibility index (Phi) is 6.65. The second kappa shape index (κ2) is 9.96. The van der Waals surface area contributed by atoms with Crippen LogP contribution >= 0.6 is 0 Å². The summed E-state index contributed by atoms with van der Waals surface area (Å²) in [5.74, 6) is 1.91. The lowest BCUT2D eigenvalue weighted by molar-refractivity contribution is 0.0951. The zero-order valence-corrected chi connectivity index (χ0v) is 18.2. The minimum absolute atomic E-state index is 0.189. The van der Waals surface area contributed by atoms with E-state index in [4.69, 9.17) is 14.5 Å². The first kappa shape index (κ1) is 21.4. The number of aryl methyl sites for hydroxylation is 2. The molecule has 2 aromatic carbocycles. The minimum Gasteiger partial charge on any atom is -0.497 e. The fourth-order valence-electron chi connectivity index (χ4n) is 3.65. The summed E-state index contributed by atoms with van der Waals surface area (Å²) in [6, 6.07) is 19.3. The van der Waals surface area contributed by atoms with Gasteiger partial charge < -0.3 is 19.4 Å². The van der Waals surface area contributed by atoms with Crippen molar-refractivity contribution in [2.45, 2.75) is 19.4 Å². The van der Waals surface area contributed by atoms with Gasteiger partial charge in [0.2, 0.25) is 0 Å². The molecule has 4 rings (SSSR count). The van der Waals surface area contributed by atoms with E-state index in [1.54, 1.807) is 38.6 Å². The van der Waals surface area contributed by atoms with Crippen molar-refractivity contribution in [2.24, 2.45) is 0 Å². The Balaban J connectivity index is 1.47. The fraction of sp³-hybridized carbons (Fsp3) is 0.240. The molecule has 0 bridgehead atoms. The number of carbonyl (C=O) groups is 1. The van der Waals surface area contributed by atoms with Crippen LogP contribution in [0.15, 0.2) is 66.9 Å². The maximum absolute atomic E-state index is 12.7. The molecule has 0 saturated heterocycles. The number of nitrogens with zero attached hydrogens (tertiary/aromatic N) is 3. The number of carbonyl (C=O) groups excluding carboxylic acids is 1. The first-order chi connectivity index (χ1) is 15.7. The van der Waals surface area contributed by atoms with Gasteiger partial charge in [0.1, 0.15) is 22.8 Å². The van der Waals surface area contributed by atoms with Gasteiger partial charge in [-0.05, 0) is 36.2 Å². The van der Waals surface area contributed by atoms with Crippen LogP contribution in [0.1, 0.15) is 21.7 Å². The monoisotopic (exact) mass is 430 g/mol. The second-order valence-corrected chi connectivity index (χ2v) is 7.37. The van der Waals surface area contributed by atoms with Crippen LogP contribution in [0, 0.1) is 0 Å². The van der Waals surface area contributed by atoms with E-state index in [-0.39, 0.29) is 5.91 Å². The standard InChI is InChI=1S/C25H26N4O3/c1-31-20-15-19(16-21(17-20)32-2)25(30)27-13-14-29-23(11-10-18-7-4-3-5-8-18)28-22-9-6-12-26-24(22)29/h3-9,12,15-17H,10-11,13-14H2,1-2H3,(H,27,30). The molecule has 4 aromatic rings. The first-order valence-electron chi connectivity index (χ1n) is 10.5. The number of benzene rings is 2. The van der Waals surface area contributed by atoms with Crippen molar-refractivity contribution in [1.29, 1.82) is 0 Å². The van der Waals surface area contributed by atoms with Gasteiger partial charge in [-0.25, -0.2) is 9.97 Å². The third-order valence-corrected chi connectivity index (χ3v) is 5.30. The topological polar surface area (TPSA) is 78.3 Å². The molecule has 0 aliphatic rings. The maximum Gasteiger partial charge on any atom is 0.251 e. The van der Waals surface area contributed by atoms with Crippen molar-refractivity contribution in [3.8, 4) is 11.5 Å². The molecular weight excluding hydrogens is 404 g/mol. The van der Waals surface area contributed by atoms with E-state index >= 15 is 0 Å². The van der Waals surface area contributed by atoms with Crippen molar-refractivity contribution in [3.63, 3.8) is 0 Å². The Morgan fingerprint density at radius 3 is 2.44 bits per heavy atom. The highest BCUT2D eigenvalue weighted by molar-refractivity contribution is 5.95. The molecular formula is C25H26N4O3. The molecule has 7 nitrogen and oxygen atoms in total. The Hall–Kier alpha value is -3.87. The number of pyridine rings is 1. The molecule has 0 fully saturated rings. The maximum atomic E-state index is 12.7. The van der Waals surface area contributed by atoms with Crippen LogP contribution in [0.25, 0.3) is 11.2 Å². The third-order valence-electron chi connectivity index (χ3n) is 5.30. The van der Waals surface area contributed by atoms with E-state index in [1.807, 2.05) is 30.3 Å². The molecule has 2 aromatic heterocycles. The lowest BCUT2D eigenvalue weighted by atomic mass is 10.1. The molecule has 32 heavy (non-hydrogen) atoms. The smallest absolute Gasteiger partial charge is 0.251 e. The minimum atomic E-state index is -0.189. The van der Waals surface area contributed by atoms with Gasteiger partial charge in [-0.3, -0.25) is 4.79 Å². The summed E-state index contributed by atoms with van der Waals surface area (Å²) in [6.45, 7) is 1.02. The number of imidazole rings is 1. The average molecular weight is 431 g/mol. The Labute approximate surface area is 187 Å². The van der Waals surface area contributed by atoms with Crippen LogP contribution in [0.4, 0.5) is 0 Å². The van der Waals surface area contributed by atoms with Gasteiger partial charge in [0, 0.05) is 37.3 Å². The summed E-state index contributed by atoms with van der Waals surface area (Å²) >= 11 is 0. The highest BCUT2D eigenvalue weighted by atomic mass is 16.5. The predicted molar refractivity (Wildman–Crippen MR) is 123 cm³/mol. The van der Waals surface area contributed by atoms with Crippen molar-refractivity contribution in [2.75, 3.05) is 20.8 Å². The highest BCUT2D eigenvalue weighted by Gasteiger charge is 2.13. The number of ether oxygens (including phenoxy) is 2. The van der Waals surface area contributed by atoms with Crippen LogP contribution < -0.4 is 14.8 Å². The van der Waals surface area contributed by atoms with Gasteiger partial charge in [-0.1, -0.05) is 30.3 Å². The molecule has 0 aliphatic carbocycles. The van der Waals surface area contributed by atoms with Gasteiger partial charge in [0.05, 0.1) is 14.2 Å². The van der Waals surface area contributed by atoms with Crippen LogP contribution in [-0.4, -0.2) is 41.2 Å². The third kappa shape index (κ3) is 4.88. The predicted octanol–water partition coefficient (Wildman–Crippen LogP) is 3.66. The average Bonchev–Trinajstić information content (AvgIpc) is 3.20. The van der Waals surface area contributed by atoms with Crippen LogP contribution in [0.5, 0.6) is 11.5 Å². The molecule has 164 valence electrons. The quantitative estimate of drug-likeness (QED) is 0.438. The molecule has 0 saturated carbocycles. The lowest BCUT2D eigenvalue weighted by Gasteiger charge is -2.11. The van der Waals surface area contributed by atoms with Crippen LogP contribution in [0.3, 0.4) is 0 Å². The van der Waals surface area contributed by atoms with Gasteiger partial charge in [0.25, 0.3) is 5.91 Å². The Bertz CT molecular complexity index is 1180. The largest absolute Gasteiger partial charge is 0.497 e. The molecule has 0 radical (unpaired) electrons. The zero-order chi connectivity index (χ0) is 22.3. The number of fused-ring (bicyclic) bond motifs is 1. The second-order valence-electron chi connectivity index (χ2n) is 7.37. The van der Waals surface area contributed by atoms with E-state index in [1.165, 1.54) is 5.56 Å². The van der Waals surface area contributed by atoms with Crippen molar-refractivity contribution < 1.29 is 14.3 Å². The SMILES string of the molecule is COc1cc(OC)cc(C(=O)NCCn2c(CCc3ccccc3)nc3cccnc32)c1. The van der Waals surface area contributed by atoms with Gasteiger partial charge in [0.15, 0.2) is 5.65 Å². The summed E-state index contributed by atoms with van der Waals surface area (Å²) in [4.78, 5) is 22.0. The number of rotatable bonds is 9. The first-order valence-corrected chi connectivity index (χ1v) is 10.5. The van der Waals surface area contributed by atoms with Gasteiger partial charge in [-0.2, -0.15) is 0 Å². The Morgan fingerprint density at radius 1 is 0.969 bits per heavy atom. The summed E-state index contributed by atoms with van der Waals surface area (Å²) in [7, 11) is 3.12. The molecule has 1 N–H and O–H groups in total. The van der Waals surface area contributed by atoms with Crippen molar-refractivity contribution in [3.05, 3.63) is 83.8 Å². The summed E-state index contributed by atoms with van der Waals surface area (Å²) in [5.41, 5.74) is 3.44. The van der Waals surface area contributed by atoms with E-state index in [0.29, 0.717) is 30.2 Å². The molecule has 0 unspecified atom stereocenters. The number of nitrogens with one attached hydrogen (secondary N) is 1. The van der Waals surface area contributed by atoms with E-state index in [0.717, 1.165) is 29.8 Å². The van der Waals surface area contributed by atoms with Crippen molar-refractivity contribution in [1.82, 2.24) is 19.9 Å². The van der Waals surface area contributed by atoms with E-state index in [9.17, 15) is 4.79 Å². The molecule has 0 spiro atoms. The molecule has 0 aliphatic heterocycles. The number of hydrogen-bond donors (Lipinski definition) is 1. The van der Waals surface area contributed by atoms with E-state index < -0.39 is 0 Å². The van der Waals surface area contributed by atoms with Crippen LogP contribution in [-0.2, 0) is 19.4 Å². The molecule has 0 atom stereocenters. The number of aromatic nitrogens is 3. The summed E-state index contributed by atoms with van der Waals surface area (Å²) in [5, 5.41) is 2.98. The summed E-state index contributed by atoms with van der Waals surface area (Å²) in [6.07, 6.45) is 3.45. The zero-order valence-electron chi connectivity index (χ0n) is 18.2. The molecule has 7 heteroatoms. The summed E-state index contributed by atoms with van der Waals surface area (Å²) < 4.78 is 12.6. The normalized spacial score (nSPS) is 10.8. The Morgan fingerprint density at radius 2 is 1.72 bits per heavy atom. The fourth-order valence-corrected chi connectivity index (χ4v) is 3.65. The number of amides is 1. The van der Waals surface area contributed by atoms with Crippen LogP contribution in [0.2, 0.25) is 0 Å². The van der Waals surface area contributed by atoms with E-state index in [2.05, 4.69) is 27.0 Å². The lowest BCUT2D eigenvalue weighted by Crippen LogP contribution is -2.27.